The number of hydrogen-bond acceptors (Lipinski definition) is 6. The van der Waals surface area contributed by atoms with Gasteiger partial charge in [0.25, 0.3) is 0 Å². The maximum absolute atomic E-state index is 12.8. The molecular formula is C59H102O6. The second-order valence-corrected chi connectivity index (χ2v) is 18.1. The van der Waals surface area contributed by atoms with Crippen LogP contribution in [-0.4, -0.2) is 37.2 Å². The standard InChI is InChI=1S/C59H102O6/c1-4-7-10-13-16-19-22-24-26-28-30-32-33-35-37-40-43-46-49-52-58(61)64-55-56(54-63-57(60)51-48-45-42-39-21-18-15-12-9-6-3)65-59(62)53-50-47-44-41-38-36-34-31-29-27-25-23-20-17-14-11-8-5-2/h7,10,16,19,24,26,30,32,35,37,43,46,56H,4-6,8-9,11-15,17-18,20-23,25,27-29,31,33-34,36,38-42,44-45,47-55H2,1-3H3/b10-7-,19-16-,26-24-,32-30-,37-35-,46-43-/t56-/m0/s1. The minimum Gasteiger partial charge on any atom is -0.462 e. The molecule has 0 spiro atoms. The second-order valence-electron chi connectivity index (χ2n) is 18.1. The fraction of sp³-hybridized carbons (Fsp3) is 0.746. The molecule has 0 aromatic carbocycles. The lowest BCUT2D eigenvalue weighted by molar-refractivity contribution is -0.166. The topological polar surface area (TPSA) is 78.9 Å². The Balaban J connectivity index is 4.42. The lowest BCUT2D eigenvalue weighted by Gasteiger charge is -2.18. The highest BCUT2D eigenvalue weighted by Gasteiger charge is 2.19. The number of unbranched alkanes of at least 4 members (excludes halogenated alkanes) is 26. The first kappa shape index (κ1) is 61.9. The van der Waals surface area contributed by atoms with Gasteiger partial charge < -0.3 is 14.2 Å². The summed E-state index contributed by atoms with van der Waals surface area (Å²) < 4.78 is 16.7. The van der Waals surface area contributed by atoms with Crippen LogP contribution in [0.15, 0.2) is 72.9 Å². The molecule has 0 aromatic heterocycles. The van der Waals surface area contributed by atoms with Crippen LogP contribution in [-0.2, 0) is 28.6 Å². The van der Waals surface area contributed by atoms with Crippen LogP contribution in [0.3, 0.4) is 0 Å². The highest BCUT2D eigenvalue weighted by Crippen LogP contribution is 2.16. The van der Waals surface area contributed by atoms with Gasteiger partial charge in [-0.15, -0.1) is 0 Å². The summed E-state index contributed by atoms with van der Waals surface area (Å²) in [4.78, 5) is 38.0. The van der Waals surface area contributed by atoms with Crippen LogP contribution in [0.4, 0.5) is 0 Å². The van der Waals surface area contributed by atoms with Crippen molar-refractivity contribution in [2.24, 2.45) is 0 Å². The van der Waals surface area contributed by atoms with Crippen molar-refractivity contribution in [3.8, 4) is 0 Å². The fourth-order valence-corrected chi connectivity index (χ4v) is 7.65. The van der Waals surface area contributed by atoms with Gasteiger partial charge in [-0.05, 0) is 57.8 Å². The Kier molecular flexibility index (Phi) is 50.9. The third-order valence-electron chi connectivity index (χ3n) is 11.7. The molecule has 0 N–H and O–H groups in total. The van der Waals surface area contributed by atoms with E-state index in [0.29, 0.717) is 19.3 Å². The van der Waals surface area contributed by atoms with Gasteiger partial charge >= 0.3 is 17.9 Å². The molecule has 1 atom stereocenters. The lowest BCUT2D eigenvalue weighted by Crippen LogP contribution is -2.30. The van der Waals surface area contributed by atoms with E-state index in [4.69, 9.17) is 14.2 Å². The average Bonchev–Trinajstić information content (AvgIpc) is 3.30. The van der Waals surface area contributed by atoms with E-state index >= 15 is 0 Å². The molecule has 0 saturated carbocycles. The zero-order valence-electron chi connectivity index (χ0n) is 42.7. The molecular weight excluding hydrogens is 805 g/mol. The number of ether oxygens (including phenoxy) is 3. The van der Waals surface area contributed by atoms with E-state index in [-0.39, 0.29) is 37.5 Å². The monoisotopic (exact) mass is 907 g/mol. The Hall–Kier alpha value is -3.15. The molecule has 0 unspecified atom stereocenters. The molecule has 374 valence electrons. The van der Waals surface area contributed by atoms with Crippen LogP contribution in [0, 0.1) is 0 Å². The van der Waals surface area contributed by atoms with Crippen molar-refractivity contribution >= 4 is 17.9 Å². The minimum absolute atomic E-state index is 0.0953. The predicted octanol–water partition coefficient (Wildman–Crippen LogP) is 18.2. The van der Waals surface area contributed by atoms with Crippen molar-refractivity contribution in [1.29, 1.82) is 0 Å². The van der Waals surface area contributed by atoms with E-state index < -0.39 is 6.10 Å². The maximum Gasteiger partial charge on any atom is 0.306 e. The third-order valence-corrected chi connectivity index (χ3v) is 11.7. The summed E-state index contributed by atoms with van der Waals surface area (Å²) >= 11 is 0. The molecule has 0 bridgehead atoms. The first-order valence-corrected chi connectivity index (χ1v) is 27.4. The number of rotatable bonds is 49. The quantitative estimate of drug-likeness (QED) is 0.0262. The maximum atomic E-state index is 12.8. The van der Waals surface area contributed by atoms with E-state index in [1.165, 1.54) is 141 Å². The molecule has 0 aliphatic heterocycles. The molecule has 6 heteroatoms. The summed E-state index contributed by atoms with van der Waals surface area (Å²) in [5, 5.41) is 0. The molecule has 0 fully saturated rings. The van der Waals surface area contributed by atoms with E-state index in [1.54, 1.807) is 0 Å². The first-order chi connectivity index (χ1) is 32.0. The van der Waals surface area contributed by atoms with Gasteiger partial charge in [0.2, 0.25) is 0 Å². The summed E-state index contributed by atoms with van der Waals surface area (Å²) in [7, 11) is 0. The zero-order valence-corrected chi connectivity index (χ0v) is 42.7. The number of esters is 3. The van der Waals surface area contributed by atoms with Crippen molar-refractivity contribution in [2.45, 2.75) is 271 Å². The first-order valence-electron chi connectivity index (χ1n) is 27.4. The SMILES string of the molecule is CC/C=C\C/C=C\C/C=C\C/C=C\C/C=C\C/C=C\CCC(=O)OC[C@H](COC(=O)CCCCCCCCCCCC)OC(=O)CCCCCCCCCCCCCCCCCCCC. The Morgan fingerprint density at radius 3 is 0.938 bits per heavy atom. The third kappa shape index (κ3) is 51.7. The summed E-state index contributed by atoms with van der Waals surface area (Å²) in [6, 6.07) is 0. The highest BCUT2D eigenvalue weighted by molar-refractivity contribution is 5.71. The number of carbonyl (C=O) groups excluding carboxylic acids is 3. The van der Waals surface area contributed by atoms with Crippen LogP contribution in [0.1, 0.15) is 265 Å². The van der Waals surface area contributed by atoms with Gasteiger partial charge in [0.15, 0.2) is 6.10 Å². The molecule has 65 heavy (non-hydrogen) atoms. The summed E-state index contributed by atoms with van der Waals surface area (Å²) in [6.07, 6.45) is 67.6. The van der Waals surface area contributed by atoms with Crippen molar-refractivity contribution in [2.75, 3.05) is 13.2 Å². The normalized spacial score (nSPS) is 12.6. The molecule has 0 saturated heterocycles. The fourth-order valence-electron chi connectivity index (χ4n) is 7.65. The molecule has 0 heterocycles. The van der Waals surface area contributed by atoms with Crippen LogP contribution in [0.25, 0.3) is 0 Å². The van der Waals surface area contributed by atoms with Gasteiger partial charge in [-0.25, -0.2) is 0 Å². The zero-order chi connectivity index (χ0) is 47.2. The van der Waals surface area contributed by atoms with Gasteiger partial charge in [0.1, 0.15) is 13.2 Å². The Morgan fingerprint density at radius 2 is 0.600 bits per heavy atom. The van der Waals surface area contributed by atoms with Crippen molar-refractivity contribution in [3.63, 3.8) is 0 Å². The molecule has 0 rings (SSSR count). The molecule has 0 aliphatic rings. The Bertz CT molecular complexity index is 1230. The van der Waals surface area contributed by atoms with Crippen LogP contribution in [0.2, 0.25) is 0 Å². The van der Waals surface area contributed by atoms with E-state index in [1.807, 2.05) is 6.08 Å². The van der Waals surface area contributed by atoms with Gasteiger partial charge in [0.05, 0.1) is 0 Å². The highest BCUT2D eigenvalue weighted by atomic mass is 16.6. The second kappa shape index (κ2) is 53.5. The predicted molar refractivity (Wildman–Crippen MR) is 279 cm³/mol. The summed E-state index contributed by atoms with van der Waals surface area (Å²) in [5.74, 6) is -0.977. The molecule has 0 aromatic rings. The number of hydrogen-bond donors (Lipinski definition) is 0. The number of carbonyl (C=O) groups is 3. The van der Waals surface area contributed by atoms with Gasteiger partial charge in [-0.2, -0.15) is 0 Å². The Labute approximate surface area is 402 Å². The number of allylic oxidation sites excluding steroid dienone is 12. The van der Waals surface area contributed by atoms with Crippen molar-refractivity contribution in [1.82, 2.24) is 0 Å². The average molecular weight is 907 g/mol. The Morgan fingerprint density at radius 1 is 0.323 bits per heavy atom. The van der Waals surface area contributed by atoms with Crippen molar-refractivity contribution in [3.05, 3.63) is 72.9 Å². The van der Waals surface area contributed by atoms with Crippen molar-refractivity contribution < 1.29 is 28.6 Å². The molecule has 0 amide bonds. The van der Waals surface area contributed by atoms with Crippen LogP contribution >= 0.6 is 0 Å². The van der Waals surface area contributed by atoms with Gasteiger partial charge in [-0.1, -0.05) is 261 Å². The smallest absolute Gasteiger partial charge is 0.306 e. The lowest BCUT2D eigenvalue weighted by atomic mass is 10.0. The van der Waals surface area contributed by atoms with E-state index in [9.17, 15) is 14.4 Å². The molecule has 0 aliphatic carbocycles. The largest absolute Gasteiger partial charge is 0.462 e. The van der Waals surface area contributed by atoms with Gasteiger partial charge in [0, 0.05) is 19.3 Å². The molecule has 6 nitrogen and oxygen atoms in total. The van der Waals surface area contributed by atoms with E-state index in [2.05, 4.69) is 87.6 Å². The molecule has 0 radical (unpaired) electrons. The van der Waals surface area contributed by atoms with Crippen LogP contribution < -0.4 is 0 Å². The van der Waals surface area contributed by atoms with E-state index in [0.717, 1.165) is 77.0 Å². The van der Waals surface area contributed by atoms with Gasteiger partial charge in [-0.3, -0.25) is 14.4 Å². The minimum atomic E-state index is -0.801. The van der Waals surface area contributed by atoms with Crippen LogP contribution in [0.5, 0.6) is 0 Å². The summed E-state index contributed by atoms with van der Waals surface area (Å²) in [6.45, 7) is 6.47. The summed E-state index contributed by atoms with van der Waals surface area (Å²) in [5.41, 5.74) is 0.